The number of benzene rings is 1. The lowest BCUT2D eigenvalue weighted by molar-refractivity contribution is -0.142. The molecule has 2 saturated heterocycles. The largest absolute Gasteiger partial charge is 0.364 e. The summed E-state index contributed by atoms with van der Waals surface area (Å²) in [7, 11) is 0. The van der Waals surface area contributed by atoms with Crippen LogP contribution < -0.4 is 5.73 Å². The molecule has 2 amide bonds. The third-order valence-corrected chi connectivity index (χ3v) is 4.76. The van der Waals surface area contributed by atoms with Crippen LogP contribution >= 0.6 is 0 Å². The maximum Gasteiger partial charge on any atom is 0.253 e. The Morgan fingerprint density at radius 1 is 1.04 bits per heavy atom. The molecule has 2 atom stereocenters. The van der Waals surface area contributed by atoms with Crippen molar-refractivity contribution in [2.45, 2.75) is 31.5 Å². The minimum absolute atomic E-state index is 0.00193. The third-order valence-electron chi connectivity index (χ3n) is 4.76. The molecule has 0 aromatic heterocycles. The predicted molar refractivity (Wildman–Crippen MR) is 90.5 cm³/mol. The fraction of sp³-hybridized carbons (Fsp3) is 0.556. The molecule has 2 N–H and O–H groups in total. The van der Waals surface area contributed by atoms with Crippen LogP contribution in [-0.2, 0) is 9.53 Å². The van der Waals surface area contributed by atoms with Crippen molar-refractivity contribution in [2.24, 2.45) is 5.73 Å². The summed E-state index contributed by atoms with van der Waals surface area (Å²) < 4.78 is 5.71. The Kier molecular flexibility index (Phi) is 5.48. The van der Waals surface area contributed by atoms with Crippen molar-refractivity contribution >= 4 is 11.8 Å². The normalized spacial score (nSPS) is 24.7. The van der Waals surface area contributed by atoms with E-state index in [-0.39, 0.29) is 24.0 Å². The van der Waals surface area contributed by atoms with Crippen LogP contribution in [0, 0.1) is 0 Å². The maximum absolute atomic E-state index is 12.6. The number of hydrogen-bond donors (Lipinski definition) is 1. The first-order valence-corrected chi connectivity index (χ1v) is 8.67. The third kappa shape index (κ3) is 3.76. The number of rotatable bonds is 3. The molecule has 24 heavy (non-hydrogen) atoms. The molecular weight excluding hydrogens is 306 g/mol. The topological polar surface area (TPSA) is 75.9 Å². The van der Waals surface area contributed by atoms with Gasteiger partial charge in [0.15, 0.2) is 0 Å². The summed E-state index contributed by atoms with van der Waals surface area (Å²) in [6.45, 7) is 2.93. The van der Waals surface area contributed by atoms with E-state index < -0.39 is 0 Å². The molecule has 0 spiro atoms. The van der Waals surface area contributed by atoms with E-state index in [1.165, 1.54) is 0 Å². The van der Waals surface area contributed by atoms with Gasteiger partial charge < -0.3 is 20.3 Å². The summed E-state index contributed by atoms with van der Waals surface area (Å²) in [4.78, 5) is 28.8. The van der Waals surface area contributed by atoms with Crippen LogP contribution in [0.25, 0.3) is 0 Å². The van der Waals surface area contributed by atoms with Crippen molar-refractivity contribution in [2.75, 3.05) is 32.7 Å². The van der Waals surface area contributed by atoms with Gasteiger partial charge in [-0.05, 0) is 31.4 Å². The summed E-state index contributed by atoms with van der Waals surface area (Å²) in [5, 5.41) is 0. The molecular formula is C18H25N3O3. The van der Waals surface area contributed by atoms with Crippen molar-refractivity contribution in [1.82, 2.24) is 9.80 Å². The van der Waals surface area contributed by atoms with E-state index in [4.69, 9.17) is 10.5 Å². The summed E-state index contributed by atoms with van der Waals surface area (Å²) in [5.41, 5.74) is 6.31. The highest BCUT2D eigenvalue weighted by atomic mass is 16.5. The van der Waals surface area contributed by atoms with E-state index in [1.54, 1.807) is 0 Å². The van der Waals surface area contributed by atoms with Gasteiger partial charge in [-0.3, -0.25) is 9.59 Å². The number of nitrogens with zero attached hydrogens (tertiary/aromatic N) is 2. The smallest absolute Gasteiger partial charge is 0.253 e. The first kappa shape index (κ1) is 16.9. The van der Waals surface area contributed by atoms with Crippen LogP contribution in [0.1, 0.15) is 29.6 Å². The standard InChI is InChI=1S/C18H25N3O3/c19-13-15-7-8-16(24-15)18(23)21-10-4-9-20(11-12-21)17(22)14-5-2-1-3-6-14/h1-3,5-6,15-16H,4,7-13,19H2/t15-,16+/m1/s1. The average Bonchev–Trinajstić information content (AvgIpc) is 2.98. The van der Waals surface area contributed by atoms with Gasteiger partial charge in [-0.2, -0.15) is 0 Å². The van der Waals surface area contributed by atoms with Crippen LogP contribution in [0.2, 0.25) is 0 Å². The first-order chi connectivity index (χ1) is 11.7. The number of hydrogen-bond acceptors (Lipinski definition) is 4. The SMILES string of the molecule is NC[C@H]1CC[C@@H](C(=O)N2CCCN(C(=O)c3ccccc3)CC2)O1. The number of carbonyl (C=O) groups is 2. The van der Waals surface area contributed by atoms with E-state index in [9.17, 15) is 9.59 Å². The second kappa shape index (κ2) is 7.77. The van der Waals surface area contributed by atoms with Gasteiger partial charge >= 0.3 is 0 Å². The lowest BCUT2D eigenvalue weighted by Gasteiger charge is -2.24. The minimum atomic E-state index is -0.366. The molecule has 1 aromatic carbocycles. The highest BCUT2D eigenvalue weighted by Crippen LogP contribution is 2.21. The van der Waals surface area contributed by atoms with Crippen molar-refractivity contribution in [1.29, 1.82) is 0 Å². The Morgan fingerprint density at radius 3 is 2.46 bits per heavy atom. The Morgan fingerprint density at radius 2 is 1.75 bits per heavy atom. The fourth-order valence-electron chi connectivity index (χ4n) is 3.37. The zero-order valence-electron chi connectivity index (χ0n) is 13.9. The Labute approximate surface area is 142 Å². The van der Waals surface area contributed by atoms with Crippen molar-refractivity contribution < 1.29 is 14.3 Å². The van der Waals surface area contributed by atoms with Crippen LogP contribution in [-0.4, -0.2) is 66.5 Å². The zero-order valence-corrected chi connectivity index (χ0v) is 13.9. The zero-order chi connectivity index (χ0) is 16.9. The first-order valence-electron chi connectivity index (χ1n) is 8.67. The van der Waals surface area contributed by atoms with Crippen LogP contribution in [0.5, 0.6) is 0 Å². The molecule has 2 heterocycles. The summed E-state index contributed by atoms with van der Waals surface area (Å²) >= 11 is 0. The maximum atomic E-state index is 12.6. The second-order valence-electron chi connectivity index (χ2n) is 6.40. The van der Waals surface area contributed by atoms with Crippen LogP contribution in [0.15, 0.2) is 30.3 Å². The van der Waals surface area contributed by atoms with Crippen molar-refractivity contribution in [3.8, 4) is 0 Å². The monoisotopic (exact) mass is 331 g/mol. The molecule has 130 valence electrons. The van der Waals surface area contributed by atoms with E-state index >= 15 is 0 Å². The van der Waals surface area contributed by atoms with Gasteiger partial charge in [0.25, 0.3) is 11.8 Å². The van der Waals surface area contributed by atoms with Crippen LogP contribution in [0.3, 0.4) is 0 Å². The Balaban J connectivity index is 1.57. The minimum Gasteiger partial charge on any atom is -0.364 e. The van der Waals surface area contributed by atoms with Crippen molar-refractivity contribution in [3.05, 3.63) is 35.9 Å². The highest BCUT2D eigenvalue weighted by molar-refractivity contribution is 5.94. The number of amides is 2. The van der Waals surface area contributed by atoms with Crippen LogP contribution in [0.4, 0.5) is 0 Å². The predicted octanol–water partition coefficient (Wildman–Crippen LogP) is 0.867. The van der Waals surface area contributed by atoms with Gasteiger partial charge in [0.1, 0.15) is 6.10 Å². The second-order valence-corrected chi connectivity index (χ2v) is 6.40. The molecule has 0 unspecified atom stereocenters. The highest BCUT2D eigenvalue weighted by Gasteiger charge is 2.33. The molecule has 3 rings (SSSR count). The molecule has 6 heteroatoms. The lowest BCUT2D eigenvalue weighted by atomic mass is 10.2. The summed E-state index contributed by atoms with van der Waals surface area (Å²) in [6, 6.07) is 9.29. The van der Waals surface area contributed by atoms with Gasteiger partial charge in [-0.1, -0.05) is 18.2 Å². The Bertz CT molecular complexity index is 578. The molecule has 2 fully saturated rings. The number of ether oxygens (including phenoxy) is 1. The molecule has 2 aliphatic rings. The van der Waals surface area contributed by atoms with E-state index in [0.717, 1.165) is 19.3 Å². The van der Waals surface area contributed by atoms with E-state index in [0.29, 0.717) is 38.3 Å². The number of nitrogens with two attached hydrogens (primary N) is 1. The summed E-state index contributed by atoms with van der Waals surface area (Å²) in [6.07, 6.45) is 2.01. The van der Waals surface area contributed by atoms with Gasteiger partial charge in [-0.25, -0.2) is 0 Å². The number of carbonyl (C=O) groups excluding carboxylic acids is 2. The van der Waals surface area contributed by atoms with Gasteiger partial charge in [-0.15, -0.1) is 0 Å². The fourth-order valence-corrected chi connectivity index (χ4v) is 3.37. The van der Waals surface area contributed by atoms with Gasteiger partial charge in [0.05, 0.1) is 6.10 Å². The lowest BCUT2D eigenvalue weighted by Crippen LogP contribution is -2.42. The molecule has 0 radical (unpaired) electrons. The molecule has 0 aliphatic carbocycles. The molecule has 1 aromatic rings. The van der Waals surface area contributed by atoms with E-state index in [2.05, 4.69) is 0 Å². The van der Waals surface area contributed by atoms with Gasteiger partial charge in [0.2, 0.25) is 0 Å². The average molecular weight is 331 g/mol. The molecule has 6 nitrogen and oxygen atoms in total. The molecule has 0 bridgehead atoms. The summed E-state index contributed by atoms with van der Waals surface area (Å²) in [5.74, 6) is 0.0742. The quantitative estimate of drug-likeness (QED) is 0.892. The molecule has 2 aliphatic heterocycles. The van der Waals surface area contributed by atoms with E-state index in [1.807, 2.05) is 40.1 Å². The van der Waals surface area contributed by atoms with Gasteiger partial charge in [0, 0.05) is 38.3 Å². The van der Waals surface area contributed by atoms with Crippen molar-refractivity contribution in [3.63, 3.8) is 0 Å². The molecule has 0 saturated carbocycles. The Hall–Kier alpha value is -1.92.